The highest BCUT2D eigenvalue weighted by Crippen LogP contribution is 2.14. The van der Waals surface area contributed by atoms with Crippen LogP contribution in [0.15, 0.2) is 27.8 Å². The van der Waals surface area contributed by atoms with Gasteiger partial charge in [0.05, 0.1) is 6.26 Å². The molecule has 2 aromatic rings. The van der Waals surface area contributed by atoms with E-state index in [2.05, 4.69) is 30.4 Å². The van der Waals surface area contributed by atoms with Gasteiger partial charge in [-0.15, -0.1) is 34.2 Å². The lowest BCUT2D eigenvalue weighted by Gasteiger charge is -2.12. The van der Waals surface area contributed by atoms with Crippen LogP contribution in [0.25, 0.3) is 0 Å². The molecule has 0 bridgehead atoms. The van der Waals surface area contributed by atoms with E-state index in [1.807, 2.05) is 12.1 Å². The molecule has 0 saturated heterocycles. The van der Waals surface area contributed by atoms with Crippen molar-refractivity contribution in [1.29, 1.82) is 0 Å². The molecule has 0 atom stereocenters. The summed E-state index contributed by atoms with van der Waals surface area (Å²) in [7, 11) is 1.78. The van der Waals surface area contributed by atoms with Gasteiger partial charge >= 0.3 is 0 Å². The molecule has 0 amide bonds. The zero-order chi connectivity index (χ0) is 16.6. The number of aryl methyl sites for hydroxylation is 1. The average Bonchev–Trinajstić information content (AvgIpc) is 3.18. The highest BCUT2D eigenvalue weighted by atomic mass is 127. The Hall–Kier alpha value is -1.58. The topological polar surface area (TPSA) is 80.3 Å². The number of aromatic nitrogens is 3. The van der Waals surface area contributed by atoms with Gasteiger partial charge in [-0.05, 0) is 25.0 Å². The lowest BCUT2D eigenvalue weighted by Crippen LogP contribution is -2.39. The number of hydrogen-bond acceptors (Lipinski definition) is 4. The van der Waals surface area contributed by atoms with Gasteiger partial charge in [0.2, 0.25) is 0 Å². The number of rotatable bonds is 6. The van der Waals surface area contributed by atoms with Crippen LogP contribution in [-0.4, -0.2) is 40.9 Å². The number of nitrogens with one attached hydrogen (secondary N) is 2. The smallest absolute Gasteiger partial charge is 0.191 e. The molecule has 0 fully saturated rings. The highest BCUT2D eigenvalue weighted by Gasteiger charge is 2.14. The van der Waals surface area contributed by atoms with E-state index in [9.17, 15) is 0 Å². The molecule has 3 rings (SSSR count). The first kappa shape index (κ1) is 19.7. The van der Waals surface area contributed by atoms with E-state index in [1.54, 1.807) is 13.3 Å². The van der Waals surface area contributed by atoms with Crippen molar-refractivity contribution in [2.75, 3.05) is 20.1 Å². The van der Waals surface area contributed by atoms with E-state index >= 15 is 0 Å². The Labute approximate surface area is 165 Å². The lowest BCUT2D eigenvalue weighted by atomic mass is 10.2. The Balaban J connectivity index is 0.00000225. The summed E-state index contributed by atoms with van der Waals surface area (Å²) >= 11 is 0. The van der Waals surface area contributed by atoms with Crippen LogP contribution in [0.5, 0.6) is 0 Å². The van der Waals surface area contributed by atoms with Gasteiger partial charge in [-0.25, -0.2) is 0 Å². The number of fused-ring (bicyclic) bond motifs is 1. The summed E-state index contributed by atoms with van der Waals surface area (Å²) in [5.74, 6) is 4.00. The quantitative estimate of drug-likeness (QED) is 0.394. The van der Waals surface area contributed by atoms with Gasteiger partial charge in [0.15, 0.2) is 5.96 Å². The average molecular weight is 458 g/mol. The third-order valence-corrected chi connectivity index (χ3v) is 4.29. The van der Waals surface area contributed by atoms with Crippen molar-refractivity contribution < 1.29 is 4.42 Å². The predicted molar refractivity (Wildman–Crippen MR) is 108 cm³/mol. The van der Waals surface area contributed by atoms with Crippen LogP contribution in [0.4, 0.5) is 0 Å². The van der Waals surface area contributed by atoms with Crippen LogP contribution in [0.3, 0.4) is 0 Å². The monoisotopic (exact) mass is 458 g/mol. The third-order valence-electron chi connectivity index (χ3n) is 4.29. The van der Waals surface area contributed by atoms with Crippen LogP contribution >= 0.6 is 24.0 Å². The number of furan rings is 1. The molecule has 0 saturated carbocycles. The molecular formula is C17H27IN6O. The Morgan fingerprint density at radius 1 is 1.20 bits per heavy atom. The highest BCUT2D eigenvalue weighted by molar-refractivity contribution is 14.0. The van der Waals surface area contributed by atoms with Crippen LogP contribution < -0.4 is 10.6 Å². The third kappa shape index (κ3) is 5.72. The SMILES string of the molecule is CN=C(NCCc1ccco1)NCCc1nnc2n1CCCCC2.I. The minimum atomic E-state index is 0. The van der Waals surface area contributed by atoms with E-state index in [0.717, 1.165) is 62.3 Å². The van der Waals surface area contributed by atoms with Crippen molar-refractivity contribution in [2.24, 2.45) is 4.99 Å². The van der Waals surface area contributed by atoms with Gasteiger partial charge in [-0.1, -0.05) is 6.42 Å². The molecular weight excluding hydrogens is 431 g/mol. The van der Waals surface area contributed by atoms with Crippen molar-refractivity contribution in [1.82, 2.24) is 25.4 Å². The van der Waals surface area contributed by atoms with E-state index in [4.69, 9.17) is 4.42 Å². The van der Waals surface area contributed by atoms with Crippen LogP contribution in [-0.2, 0) is 25.8 Å². The second-order valence-electron chi connectivity index (χ2n) is 6.00. The molecule has 0 aromatic carbocycles. The summed E-state index contributed by atoms with van der Waals surface area (Å²) in [6.45, 7) is 2.62. The van der Waals surface area contributed by atoms with Gasteiger partial charge in [0, 0.05) is 45.9 Å². The summed E-state index contributed by atoms with van der Waals surface area (Å²) in [4.78, 5) is 4.25. The predicted octanol–water partition coefficient (Wildman–Crippen LogP) is 2.17. The maximum absolute atomic E-state index is 5.32. The minimum Gasteiger partial charge on any atom is -0.469 e. The number of guanidine groups is 1. The molecule has 25 heavy (non-hydrogen) atoms. The summed E-state index contributed by atoms with van der Waals surface area (Å²) in [6.07, 6.45) is 8.18. The minimum absolute atomic E-state index is 0. The second kappa shape index (κ2) is 10.4. The zero-order valence-corrected chi connectivity index (χ0v) is 17.0. The van der Waals surface area contributed by atoms with E-state index in [-0.39, 0.29) is 24.0 Å². The summed E-state index contributed by atoms with van der Waals surface area (Å²) in [5.41, 5.74) is 0. The molecule has 2 N–H and O–H groups in total. The van der Waals surface area contributed by atoms with Gasteiger partial charge in [0.1, 0.15) is 17.4 Å². The van der Waals surface area contributed by atoms with Gasteiger partial charge < -0.3 is 19.6 Å². The lowest BCUT2D eigenvalue weighted by molar-refractivity contribution is 0.506. The number of nitrogens with zero attached hydrogens (tertiary/aromatic N) is 4. The first-order chi connectivity index (χ1) is 11.9. The molecule has 0 radical (unpaired) electrons. The molecule has 138 valence electrons. The number of aliphatic imine (C=N–C) groups is 1. The summed E-state index contributed by atoms with van der Waals surface area (Å²) in [5, 5.41) is 15.3. The Morgan fingerprint density at radius 2 is 2.04 bits per heavy atom. The largest absolute Gasteiger partial charge is 0.469 e. The molecule has 0 unspecified atom stereocenters. The Bertz CT molecular complexity index is 652. The van der Waals surface area contributed by atoms with Gasteiger partial charge in [-0.2, -0.15) is 0 Å². The van der Waals surface area contributed by atoms with Crippen molar-refractivity contribution in [3.8, 4) is 0 Å². The summed E-state index contributed by atoms with van der Waals surface area (Å²) < 4.78 is 7.62. The number of hydrogen-bond donors (Lipinski definition) is 2. The van der Waals surface area contributed by atoms with Crippen LogP contribution in [0.1, 0.15) is 36.7 Å². The normalized spacial score (nSPS) is 14.4. The van der Waals surface area contributed by atoms with Crippen molar-refractivity contribution in [2.45, 2.75) is 45.1 Å². The van der Waals surface area contributed by atoms with E-state index in [1.165, 1.54) is 19.3 Å². The fourth-order valence-corrected chi connectivity index (χ4v) is 3.00. The standard InChI is InChI=1S/C17H26N6O.HI/c1-18-17(19-10-8-14-6-5-13-24-14)20-11-9-16-22-21-15-7-3-2-4-12-23(15)16;/h5-6,13H,2-4,7-12H2,1H3,(H2,18,19,20);1H. The van der Waals surface area contributed by atoms with Crippen molar-refractivity contribution in [3.63, 3.8) is 0 Å². The molecule has 0 spiro atoms. The van der Waals surface area contributed by atoms with E-state index in [0.29, 0.717) is 0 Å². The van der Waals surface area contributed by atoms with Crippen LogP contribution in [0.2, 0.25) is 0 Å². The molecule has 0 aliphatic carbocycles. The van der Waals surface area contributed by atoms with Gasteiger partial charge in [0.25, 0.3) is 0 Å². The van der Waals surface area contributed by atoms with E-state index < -0.39 is 0 Å². The Morgan fingerprint density at radius 3 is 2.80 bits per heavy atom. The van der Waals surface area contributed by atoms with Crippen LogP contribution in [0, 0.1) is 0 Å². The van der Waals surface area contributed by atoms with Crippen molar-refractivity contribution >= 4 is 29.9 Å². The molecule has 2 aromatic heterocycles. The molecule has 1 aliphatic heterocycles. The maximum atomic E-state index is 5.32. The first-order valence-electron chi connectivity index (χ1n) is 8.74. The Kier molecular flexibility index (Phi) is 8.23. The zero-order valence-electron chi connectivity index (χ0n) is 14.7. The second-order valence-corrected chi connectivity index (χ2v) is 6.00. The number of halogens is 1. The fraction of sp³-hybridized carbons (Fsp3) is 0.588. The van der Waals surface area contributed by atoms with Gasteiger partial charge in [-0.3, -0.25) is 4.99 Å². The summed E-state index contributed by atoms with van der Waals surface area (Å²) in [6, 6.07) is 3.89. The fourth-order valence-electron chi connectivity index (χ4n) is 3.00. The molecule has 3 heterocycles. The van der Waals surface area contributed by atoms with Crippen molar-refractivity contribution in [3.05, 3.63) is 35.8 Å². The molecule has 8 heteroatoms. The molecule has 1 aliphatic rings. The first-order valence-corrected chi connectivity index (χ1v) is 8.74. The maximum Gasteiger partial charge on any atom is 0.191 e. The molecule has 7 nitrogen and oxygen atoms in total.